The van der Waals surface area contributed by atoms with Crippen molar-refractivity contribution in [1.29, 1.82) is 0 Å². The number of hydrogen-bond donors (Lipinski definition) is 2. The first kappa shape index (κ1) is 20.9. The third-order valence-electron chi connectivity index (χ3n) is 3.28. The molecule has 0 aliphatic heterocycles. The third kappa shape index (κ3) is 6.79. The van der Waals surface area contributed by atoms with E-state index in [0.717, 1.165) is 17.7 Å². The lowest BCUT2D eigenvalue weighted by Gasteiger charge is -2.17. The minimum absolute atomic E-state index is 0.402. The predicted molar refractivity (Wildman–Crippen MR) is 99.7 cm³/mol. The summed E-state index contributed by atoms with van der Waals surface area (Å²) in [5.74, 6) is 1.08. The van der Waals surface area contributed by atoms with Gasteiger partial charge in [-0.25, -0.2) is 0 Å². The first-order valence-corrected chi connectivity index (χ1v) is 9.83. The van der Waals surface area contributed by atoms with Crippen LogP contribution in [0.2, 0.25) is 5.02 Å². The molecule has 2 N–H and O–H groups in total. The van der Waals surface area contributed by atoms with E-state index in [4.69, 9.17) is 21.1 Å². The Bertz CT molecular complexity index is 528. The highest BCUT2D eigenvalue weighted by atomic mass is 35.5. The number of ether oxygens (including phenoxy) is 2. The number of rotatable bonds is 12. The number of carbonyl (C=O) groups is 1. The maximum Gasteiger partial charge on any atom is 0.320 e. The van der Waals surface area contributed by atoms with Gasteiger partial charge in [0.1, 0.15) is 6.04 Å². The van der Waals surface area contributed by atoms with Gasteiger partial charge in [-0.05, 0) is 49.5 Å². The van der Waals surface area contributed by atoms with Crippen molar-refractivity contribution in [2.24, 2.45) is 0 Å². The number of benzene rings is 1. The van der Waals surface area contributed by atoms with Gasteiger partial charge in [0.2, 0.25) is 0 Å². The summed E-state index contributed by atoms with van der Waals surface area (Å²) in [6.45, 7) is 5.38. The van der Waals surface area contributed by atoms with E-state index in [1.54, 1.807) is 17.8 Å². The van der Waals surface area contributed by atoms with Crippen LogP contribution in [0.4, 0.5) is 0 Å². The Balaban J connectivity index is 2.85. The zero-order chi connectivity index (χ0) is 17.9. The number of hydrogen-bond acceptors (Lipinski definition) is 5. The quantitative estimate of drug-likeness (QED) is 0.578. The molecule has 7 heteroatoms. The number of nitrogens with one attached hydrogen (secondary N) is 1. The molecule has 0 aromatic heterocycles. The highest BCUT2D eigenvalue weighted by Crippen LogP contribution is 2.36. The third-order valence-corrected chi connectivity index (χ3v) is 4.21. The van der Waals surface area contributed by atoms with Crippen molar-refractivity contribution in [1.82, 2.24) is 5.32 Å². The Morgan fingerprint density at radius 1 is 1.38 bits per heavy atom. The standard InChI is InChI=1S/C17H26ClNO4S/c1-4-7-23-16-13(18)9-12(10-15(16)22-5-2)11-19-14(17(20)21)6-8-24-3/h9-10,14,19H,4-8,11H2,1-3H3,(H,20,21). The molecule has 0 spiro atoms. The first-order valence-electron chi connectivity index (χ1n) is 8.06. The summed E-state index contributed by atoms with van der Waals surface area (Å²) in [7, 11) is 0. The van der Waals surface area contributed by atoms with Gasteiger partial charge in [-0.3, -0.25) is 4.79 Å². The van der Waals surface area contributed by atoms with Gasteiger partial charge in [0.05, 0.1) is 18.2 Å². The minimum Gasteiger partial charge on any atom is -0.490 e. The second kappa shape index (κ2) is 11.4. The molecule has 0 aliphatic carbocycles. The predicted octanol–water partition coefficient (Wildman–Crippen LogP) is 3.82. The molecule has 136 valence electrons. The van der Waals surface area contributed by atoms with Crippen molar-refractivity contribution < 1.29 is 19.4 Å². The molecule has 1 rings (SSSR count). The molecule has 0 saturated heterocycles. The molecule has 1 aromatic rings. The number of carboxylic acid groups (broad SMARTS) is 1. The van der Waals surface area contributed by atoms with Crippen molar-refractivity contribution in [3.63, 3.8) is 0 Å². The van der Waals surface area contributed by atoms with Crippen LogP contribution >= 0.6 is 23.4 Å². The van der Waals surface area contributed by atoms with E-state index in [1.165, 1.54) is 0 Å². The van der Waals surface area contributed by atoms with Crippen LogP contribution in [0, 0.1) is 0 Å². The number of thioether (sulfide) groups is 1. The lowest BCUT2D eigenvalue weighted by molar-refractivity contribution is -0.139. The summed E-state index contributed by atoms with van der Waals surface area (Å²) in [6, 6.07) is 3.05. The first-order chi connectivity index (χ1) is 11.5. The van der Waals surface area contributed by atoms with Crippen LogP contribution in [-0.2, 0) is 11.3 Å². The van der Waals surface area contributed by atoms with E-state index in [2.05, 4.69) is 5.32 Å². The summed E-state index contributed by atoms with van der Waals surface area (Å²) in [5.41, 5.74) is 0.864. The van der Waals surface area contributed by atoms with E-state index in [9.17, 15) is 9.90 Å². The lowest BCUT2D eigenvalue weighted by atomic mass is 10.1. The van der Waals surface area contributed by atoms with Crippen LogP contribution in [0.5, 0.6) is 11.5 Å². The van der Waals surface area contributed by atoms with E-state index in [-0.39, 0.29) is 0 Å². The normalized spacial score (nSPS) is 12.0. The van der Waals surface area contributed by atoms with Crippen molar-refractivity contribution in [2.75, 3.05) is 25.2 Å². The topological polar surface area (TPSA) is 67.8 Å². The average molecular weight is 376 g/mol. The maximum atomic E-state index is 11.3. The number of carboxylic acids is 1. The smallest absolute Gasteiger partial charge is 0.320 e. The Labute approximate surface area is 153 Å². The molecular weight excluding hydrogens is 350 g/mol. The SMILES string of the molecule is CCCOc1c(Cl)cc(CNC(CCSC)C(=O)O)cc1OCC. The zero-order valence-corrected chi connectivity index (χ0v) is 16.0. The van der Waals surface area contributed by atoms with E-state index in [0.29, 0.717) is 42.7 Å². The molecule has 0 amide bonds. The molecule has 24 heavy (non-hydrogen) atoms. The molecule has 0 fully saturated rings. The van der Waals surface area contributed by atoms with Gasteiger partial charge >= 0.3 is 5.97 Å². The Morgan fingerprint density at radius 3 is 2.71 bits per heavy atom. The molecule has 0 saturated carbocycles. The molecule has 5 nitrogen and oxygen atoms in total. The monoisotopic (exact) mass is 375 g/mol. The summed E-state index contributed by atoms with van der Waals surface area (Å²) >= 11 is 7.94. The minimum atomic E-state index is -0.844. The molecule has 0 bridgehead atoms. The summed E-state index contributed by atoms with van der Waals surface area (Å²) in [4.78, 5) is 11.3. The molecule has 0 aliphatic rings. The van der Waals surface area contributed by atoms with Crippen molar-refractivity contribution in [3.8, 4) is 11.5 Å². The second-order valence-electron chi connectivity index (χ2n) is 5.24. The van der Waals surface area contributed by atoms with E-state index < -0.39 is 12.0 Å². The Morgan fingerprint density at radius 2 is 2.12 bits per heavy atom. The van der Waals surface area contributed by atoms with Crippen molar-refractivity contribution in [3.05, 3.63) is 22.7 Å². The molecule has 0 heterocycles. The lowest BCUT2D eigenvalue weighted by Crippen LogP contribution is -2.36. The van der Waals surface area contributed by atoms with Crippen molar-refractivity contribution in [2.45, 2.75) is 39.3 Å². The van der Waals surface area contributed by atoms with Crippen molar-refractivity contribution >= 4 is 29.3 Å². The van der Waals surface area contributed by atoms with Gasteiger partial charge in [-0.15, -0.1) is 0 Å². The maximum absolute atomic E-state index is 11.3. The second-order valence-corrected chi connectivity index (χ2v) is 6.63. The highest BCUT2D eigenvalue weighted by molar-refractivity contribution is 7.98. The fourth-order valence-electron chi connectivity index (χ4n) is 2.12. The fraction of sp³-hybridized carbons (Fsp3) is 0.588. The molecule has 1 atom stereocenters. The van der Waals surface area contributed by atoms with Gasteiger partial charge in [0, 0.05) is 6.54 Å². The summed E-state index contributed by atoms with van der Waals surface area (Å²) in [6.07, 6.45) is 3.41. The van der Waals surface area contributed by atoms with E-state index >= 15 is 0 Å². The Kier molecular flexibility index (Phi) is 9.98. The van der Waals surface area contributed by atoms with Crippen LogP contribution in [0.25, 0.3) is 0 Å². The van der Waals surface area contributed by atoms with E-state index in [1.807, 2.05) is 26.2 Å². The van der Waals surface area contributed by atoms with Gasteiger partial charge in [-0.2, -0.15) is 11.8 Å². The fourth-order valence-corrected chi connectivity index (χ4v) is 2.88. The number of aliphatic carboxylic acids is 1. The molecule has 1 unspecified atom stereocenters. The molecule has 0 radical (unpaired) electrons. The van der Waals surface area contributed by atoms with Gasteiger partial charge < -0.3 is 19.9 Å². The number of halogens is 1. The van der Waals surface area contributed by atoms with Crippen LogP contribution in [0.15, 0.2) is 12.1 Å². The molecule has 1 aromatic carbocycles. The van der Waals surface area contributed by atoms with Gasteiger partial charge in [0.15, 0.2) is 11.5 Å². The molecular formula is C17H26ClNO4S. The largest absolute Gasteiger partial charge is 0.490 e. The van der Waals surface area contributed by atoms with Gasteiger partial charge in [-0.1, -0.05) is 18.5 Å². The highest BCUT2D eigenvalue weighted by Gasteiger charge is 2.17. The Hall–Kier alpha value is -1.11. The van der Waals surface area contributed by atoms with Crippen LogP contribution in [-0.4, -0.2) is 42.3 Å². The van der Waals surface area contributed by atoms with Gasteiger partial charge in [0.25, 0.3) is 0 Å². The summed E-state index contributed by atoms with van der Waals surface area (Å²) < 4.78 is 11.3. The van der Waals surface area contributed by atoms with Crippen LogP contribution < -0.4 is 14.8 Å². The summed E-state index contributed by atoms with van der Waals surface area (Å²) in [5, 5.41) is 12.8. The van der Waals surface area contributed by atoms with Crippen LogP contribution in [0.1, 0.15) is 32.3 Å². The zero-order valence-electron chi connectivity index (χ0n) is 14.4. The van der Waals surface area contributed by atoms with Crippen LogP contribution in [0.3, 0.4) is 0 Å². The average Bonchev–Trinajstić information content (AvgIpc) is 2.54.